The number of allylic oxidation sites excluding steroid dienone is 2. The molecule has 1 fully saturated rings. The lowest BCUT2D eigenvalue weighted by molar-refractivity contribution is -0.191. The largest absolute Gasteiger partial charge is 0.480 e. The Bertz CT molecular complexity index is 1380. The summed E-state index contributed by atoms with van der Waals surface area (Å²) in [6.07, 6.45) is 7.90. The van der Waals surface area contributed by atoms with Crippen LogP contribution in [0.3, 0.4) is 0 Å². The summed E-state index contributed by atoms with van der Waals surface area (Å²) in [5.74, 6) is -0.732. The van der Waals surface area contributed by atoms with Gasteiger partial charge < -0.3 is 19.9 Å². The standard InChI is InChI=1S/C25H24F2N6O.CO2/c1-4-33-14-17(5-8-21(33)15(2)24-29-9-10-30-24)22-18(26)6-7-19(23(22)27)32-20-11-16(12-28)13-31-25(20)34-3;2-1-3/h4,6-7,9-11,13,17,32H,1,5,8,14H2,2-3H3,(H,29,30);/b21-15+;/t17-;/m1./s1. The van der Waals surface area contributed by atoms with Gasteiger partial charge in [-0.05, 0) is 44.2 Å². The van der Waals surface area contributed by atoms with Crippen LogP contribution < -0.4 is 10.1 Å². The highest BCUT2D eigenvalue weighted by Crippen LogP contribution is 2.39. The third kappa shape index (κ3) is 5.89. The van der Waals surface area contributed by atoms with E-state index in [2.05, 4.69) is 26.8 Å². The van der Waals surface area contributed by atoms with Crippen molar-refractivity contribution in [3.63, 3.8) is 0 Å². The number of benzene rings is 1. The van der Waals surface area contributed by atoms with Crippen LogP contribution >= 0.6 is 0 Å². The Hall–Kier alpha value is -4.81. The average molecular weight is 507 g/mol. The van der Waals surface area contributed by atoms with Gasteiger partial charge in [0.25, 0.3) is 0 Å². The monoisotopic (exact) mass is 506 g/mol. The zero-order chi connectivity index (χ0) is 26.9. The lowest BCUT2D eigenvalue weighted by Crippen LogP contribution is -2.30. The number of carbonyl (C=O) groups excluding carboxylic acids is 2. The molecule has 0 unspecified atom stereocenters. The number of ether oxygens (including phenoxy) is 1. The van der Waals surface area contributed by atoms with Crippen LogP contribution in [0.5, 0.6) is 5.88 Å². The molecule has 1 atom stereocenters. The van der Waals surface area contributed by atoms with Crippen LogP contribution in [0.15, 0.2) is 55.3 Å². The van der Waals surface area contributed by atoms with E-state index in [4.69, 9.17) is 19.6 Å². The van der Waals surface area contributed by atoms with Crippen molar-refractivity contribution in [1.82, 2.24) is 19.9 Å². The van der Waals surface area contributed by atoms with E-state index < -0.39 is 17.6 Å². The van der Waals surface area contributed by atoms with Crippen molar-refractivity contribution in [2.24, 2.45) is 0 Å². The molecule has 190 valence electrons. The van der Waals surface area contributed by atoms with Crippen LogP contribution in [-0.4, -0.2) is 39.7 Å². The summed E-state index contributed by atoms with van der Waals surface area (Å²) in [4.78, 5) is 29.6. The number of imidazole rings is 1. The first-order valence-corrected chi connectivity index (χ1v) is 11.1. The molecule has 11 heteroatoms. The summed E-state index contributed by atoms with van der Waals surface area (Å²) in [6, 6.07) is 6.06. The fourth-order valence-electron chi connectivity index (χ4n) is 4.27. The molecule has 1 saturated heterocycles. The highest BCUT2D eigenvalue weighted by molar-refractivity contribution is 5.67. The van der Waals surface area contributed by atoms with Crippen LogP contribution in [0, 0.1) is 23.0 Å². The molecule has 2 N–H and O–H groups in total. The molecular weight excluding hydrogens is 482 g/mol. The second kappa shape index (κ2) is 12.2. The average Bonchev–Trinajstić information content (AvgIpc) is 3.45. The molecule has 0 spiro atoms. The maximum atomic E-state index is 15.6. The van der Waals surface area contributed by atoms with Crippen LogP contribution in [-0.2, 0) is 9.59 Å². The van der Waals surface area contributed by atoms with Crippen molar-refractivity contribution in [2.45, 2.75) is 25.7 Å². The Morgan fingerprint density at radius 3 is 2.70 bits per heavy atom. The van der Waals surface area contributed by atoms with Crippen molar-refractivity contribution in [3.8, 4) is 11.9 Å². The molecule has 3 heterocycles. The minimum atomic E-state index is -0.686. The fourth-order valence-corrected chi connectivity index (χ4v) is 4.27. The number of aromatic nitrogens is 3. The molecule has 0 amide bonds. The maximum Gasteiger partial charge on any atom is 0.373 e. The van der Waals surface area contributed by atoms with E-state index in [1.54, 1.807) is 18.6 Å². The van der Waals surface area contributed by atoms with Gasteiger partial charge in [0.05, 0.1) is 18.4 Å². The Morgan fingerprint density at radius 2 is 2.08 bits per heavy atom. The predicted molar refractivity (Wildman–Crippen MR) is 130 cm³/mol. The van der Waals surface area contributed by atoms with Gasteiger partial charge in [-0.15, -0.1) is 0 Å². The smallest absolute Gasteiger partial charge is 0.373 e. The number of H-pyrrole nitrogens is 1. The van der Waals surface area contributed by atoms with Gasteiger partial charge in [0.15, 0.2) is 5.82 Å². The van der Waals surface area contributed by atoms with E-state index in [9.17, 15) is 4.39 Å². The van der Waals surface area contributed by atoms with Crippen LogP contribution in [0.2, 0.25) is 0 Å². The number of piperidine rings is 1. The van der Waals surface area contributed by atoms with E-state index >= 15 is 4.39 Å². The summed E-state index contributed by atoms with van der Waals surface area (Å²) >= 11 is 0. The van der Waals surface area contributed by atoms with Crippen molar-refractivity contribution in [1.29, 1.82) is 5.26 Å². The first-order chi connectivity index (χ1) is 17.9. The Balaban J connectivity index is 0.00000121. The summed E-state index contributed by atoms with van der Waals surface area (Å²) in [5.41, 5.74) is 2.66. The number of aromatic amines is 1. The SMILES string of the molecule is C=CN1C[C@H](c2c(F)ccc(Nc3cc(C#N)cnc3OC)c2F)CC/C1=C(/C)c1ncc[nH]1.O=C=O. The van der Waals surface area contributed by atoms with E-state index in [-0.39, 0.29) is 28.8 Å². The number of anilines is 2. The molecule has 1 aliphatic heterocycles. The van der Waals surface area contributed by atoms with Crippen LogP contribution in [0.25, 0.3) is 5.57 Å². The van der Waals surface area contributed by atoms with Gasteiger partial charge in [-0.1, -0.05) is 6.58 Å². The quantitative estimate of drug-likeness (QED) is 0.485. The van der Waals surface area contributed by atoms with Crippen molar-refractivity contribution >= 4 is 23.1 Å². The number of hydrogen-bond donors (Lipinski definition) is 2. The summed E-state index contributed by atoms with van der Waals surface area (Å²) < 4.78 is 35.8. The summed E-state index contributed by atoms with van der Waals surface area (Å²) in [7, 11) is 1.42. The summed E-state index contributed by atoms with van der Waals surface area (Å²) in [5, 5.41) is 12.1. The van der Waals surface area contributed by atoms with Gasteiger partial charge in [-0.3, -0.25) is 0 Å². The number of methoxy groups -OCH3 is 1. The van der Waals surface area contributed by atoms with Crippen molar-refractivity contribution in [2.75, 3.05) is 19.0 Å². The minimum Gasteiger partial charge on any atom is -0.480 e. The second-order valence-corrected chi connectivity index (χ2v) is 8.00. The zero-order valence-electron chi connectivity index (χ0n) is 20.2. The molecule has 0 saturated carbocycles. The molecule has 1 aromatic carbocycles. The number of nitriles is 1. The van der Waals surface area contributed by atoms with E-state index in [0.717, 1.165) is 17.1 Å². The molecule has 4 rings (SSSR count). The lowest BCUT2D eigenvalue weighted by atomic mass is 9.87. The van der Waals surface area contributed by atoms with Crippen LogP contribution in [0.1, 0.15) is 42.6 Å². The van der Waals surface area contributed by atoms with Gasteiger partial charge in [-0.2, -0.15) is 14.9 Å². The molecule has 0 bridgehead atoms. The molecule has 9 nitrogen and oxygen atoms in total. The number of pyridine rings is 1. The number of nitrogens with zero attached hydrogens (tertiary/aromatic N) is 4. The lowest BCUT2D eigenvalue weighted by Gasteiger charge is -2.35. The number of rotatable bonds is 6. The van der Waals surface area contributed by atoms with E-state index in [0.29, 0.717) is 25.1 Å². The van der Waals surface area contributed by atoms with Gasteiger partial charge in [0, 0.05) is 47.9 Å². The predicted octanol–water partition coefficient (Wildman–Crippen LogP) is 4.88. The first-order valence-electron chi connectivity index (χ1n) is 11.1. The number of likely N-dealkylation sites (tertiary alicyclic amines) is 1. The number of halogens is 2. The van der Waals surface area contributed by atoms with Gasteiger partial charge in [0.1, 0.15) is 23.4 Å². The summed E-state index contributed by atoms with van der Waals surface area (Å²) in [6.45, 7) is 6.24. The molecular formula is C26H24F2N6O3. The zero-order valence-corrected chi connectivity index (χ0v) is 20.2. The van der Waals surface area contributed by atoms with E-state index in [1.807, 2.05) is 17.9 Å². The first kappa shape index (κ1) is 26.8. The number of nitrogens with one attached hydrogen (secondary N) is 2. The molecule has 2 aromatic heterocycles. The fraction of sp³-hybridized carbons (Fsp3) is 0.231. The molecule has 1 aliphatic rings. The van der Waals surface area contributed by atoms with Gasteiger partial charge >= 0.3 is 6.15 Å². The Kier molecular flexibility index (Phi) is 8.86. The Morgan fingerprint density at radius 1 is 1.32 bits per heavy atom. The third-order valence-electron chi connectivity index (χ3n) is 5.98. The van der Waals surface area contributed by atoms with E-state index in [1.165, 1.54) is 31.5 Å². The minimum absolute atomic E-state index is 0.00918. The van der Waals surface area contributed by atoms with Crippen LogP contribution in [0.4, 0.5) is 20.2 Å². The Labute approximate surface area is 212 Å². The number of hydrogen-bond acceptors (Lipinski definition) is 8. The van der Waals surface area contributed by atoms with Gasteiger partial charge in [-0.25, -0.2) is 18.7 Å². The maximum absolute atomic E-state index is 15.6. The molecule has 3 aromatic rings. The van der Waals surface area contributed by atoms with Crippen molar-refractivity contribution in [3.05, 3.63) is 83.9 Å². The topological polar surface area (TPSA) is 124 Å². The molecule has 37 heavy (non-hydrogen) atoms. The third-order valence-corrected chi connectivity index (χ3v) is 5.98. The highest BCUT2D eigenvalue weighted by Gasteiger charge is 2.30. The second-order valence-electron chi connectivity index (χ2n) is 8.00. The normalized spacial score (nSPS) is 16.0. The molecule has 0 aliphatic carbocycles. The van der Waals surface area contributed by atoms with Gasteiger partial charge in [0.2, 0.25) is 5.88 Å². The highest BCUT2D eigenvalue weighted by atomic mass is 19.1. The molecule has 0 radical (unpaired) electrons. The van der Waals surface area contributed by atoms with Crippen molar-refractivity contribution < 1.29 is 23.1 Å².